The van der Waals surface area contributed by atoms with E-state index < -0.39 is 11.0 Å². The van der Waals surface area contributed by atoms with Crippen LogP contribution in [0.5, 0.6) is 0 Å². The minimum Gasteiger partial charge on any atom is -0.333 e. The van der Waals surface area contributed by atoms with E-state index in [1.165, 1.54) is 11.1 Å². The van der Waals surface area contributed by atoms with E-state index >= 15 is 0 Å². The van der Waals surface area contributed by atoms with E-state index in [4.69, 9.17) is 5.73 Å². The first-order chi connectivity index (χ1) is 8.23. The zero-order valence-electron chi connectivity index (χ0n) is 11.7. The van der Waals surface area contributed by atoms with Crippen LogP contribution in [0.3, 0.4) is 0 Å². The molecule has 1 heterocycles. The van der Waals surface area contributed by atoms with Crippen LogP contribution in [0.2, 0.25) is 0 Å². The van der Waals surface area contributed by atoms with Gasteiger partial charge in [0.25, 0.3) is 0 Å². The molecule has 0 atom stereocenters. The van der Waals surface area contributed by atoms with E-state index in [1.54, 1.807) is 0 Å². The van der Waals surface area contributed by atoms with Crippen molar-refractivity contribution in [1.82, 2.24) is 4.90 Å². The van der Waals surface area contributed by atoms with Crippen molar-refractivity contribution in [2.45, 2.75) is 46.3 Å². The van der Waals surface area contributed by atoms with Crippen LogP contribution in [0.15, 0.2) is 24.3 Å². The van der Waals surface area contributed by atoms with Crippen molar-refractivity contribution in [2.24, 2.45) is 11.1 Å². The Morgan fingerprint density at radius 3 is 1.94 bits per heavy atom. The van der Waals surface area contributed by atoms with Gasteiger partial charge in [-0.15, -0.1) is 0 Å². The SMILES string of the molecule is CC(C)(N)C(C)(C)C(=O)N1Cc2ccccc2C1. The van der Waals surface area contributed by atoms with Gasteiger partial charge in [-0.05, 0) is 38.8 Å². The molecule has 0 saturated carbocycles. The summed E-state index contributed by atoms with van der Waals surface area (Å²) in [5.74, 6) is 0.131. The number of amides is 1. The van der Waals surface area contributed by atoms with E-state index in [1.807, 2.05) is 44.7 Å². The molecule has 0 unspecified atom stereocenters. The summed E-state index contributed by atoms with van der Waals surface area (Å²) in [4.78, 5) is 14.5. The van der Waals surface area contributed by atoms with Crippen LogP contribution in [-0.4, -0.2) is 16.3 Å². The zero-order valence-corrected chi connectivity index (χ0v) is 11.7. The smallest absolute Gasteiger partial charge is 0.230 e. The minimum absolute atomic E-state index is 0.131. The van der Waals surface area contributed by atoms with Gasteiger partial charge in [-0.2, -0.15) is 0 Å². The fraction of sp³-hybridized carbons (Fsp3) is 0.533. The number of nitrogens with two attached hydrogens (primary N) is 1. The number of rotatable bonds is 2. The number of carbonyl (C=O) groups is 1. The molecule has 0 aliphatic carbocycles. The van der Waals surface area contributed by atoms with Crippen molar-refractivity contribution in [3.8, 4) is 0 Å². The third-order valence-electron chi connectivity index (χ3n) is 4.27. The summed E-state index contributed by atoms with van der Waals surface area (Å²) in [6, 6.07) is 8.21. The summed E-state index contributed by atoms with van der Waals surface area (Å²) in [6.07, 6.45) is 0. The van der Waals surface area contributed by atoms with Crippen molar-refractivity contribution >= 4 is 5.91 Å². The molecule has 0 fully saturated rings. The van der Waals surface area contributed by atoms with Gasteiger partial charge in [0.15, 0.2) is 0 Å². The van der Waals surface area contributed by atoms with E-state index in [2.05, 4.69) is 12.1 Å². The van der Waals surface area contributed by atoms with Gasteiger partial charge in [-0.1, -0.05) is 24.3 Å². The molecular weight excluding hydrogens is 224 g/mol. The van der Waals surface area contributed by atoms with Crippen LogP contribution in [-0.2, 0) is 17.9 Å². The number of fused-ring (bicyclic) bond motifs is 1. The molecule has 0 aromatic heterocycles. The van der Waals surface area contributed by atoms with Crippen molar-refractivity contribution in [2.75, 3.05) is 0 Å². The highest BCUT2D eigenvalue weighted by molar-refractivity contribution is 5.84. The quantitative estimate of drug-likeness (QED) is 0.870. The molecule has 0 bridgehead atoms. The fourth-order valence-corrected chi connectivity index (χ4v) is 2.15. The van der Waals surface area contributed by atoms with Crippen molar-refractivity contribution in [3.05, 3.63) is 35.4 Å². The Labute approximate surface area is 109 Å². The Hall–Kier alpha value is -1.35. The van der Waals surface area contributed by atoms with Crippen LogP contribution < -0.4 is 5.73 Å². The first kappa shape index (κ1) is 13.1. The second kappa shape index (κ2) is 4.09. The number of benzene rings is 1. The molecule has 1 aromatic rings. The van der Waals surface area contributed by atoms with E-state index in [0.29, 0.717) is 13.1 Å². The molecule has 0 spiro atoms. The second-order valence-electron chi connectivity index (χ2n) is 6.28. The van der Waals surface area contributed by atoms with E-state index in [0.717, 1.165) is 0 Å². The highest BCUT2D eigenvalue weighted by Gasteiger charge is 2.43. The Morgan fingerprint density at radius 1 is 1.11 bits per heavy atom. The lowest BCUT2D eigenvalue weighted by Gasteiger charge is -2.39. The number of nitrogens with zero attached hydrogens (tertiary/aromatic N) is 1. The highest BCUT2D eigenvalue weighted by atomic mass is 16.2. The summed E-state index contributed by atoms with van der Waals surface area (Å²) in [7, 11) is 0. The Morgan fingerprint density at radius 2 is 1.56 bits per heavy atom. The van der Waals surface area contributed by atoms with Gasteiger partial charge in [0.2, 0.25) is 5.91 Å². The topological polar surface area (TPSA) is 46.3 Å². The van der Waals surface area contributed by atoms with Crippen LogP contribution in [0, 0.1) is 5.41 Å². The highest BCUT2D eigenvalue weighted by Crippen LogP contribution is 2.34. The van der Waals surface area contributed by atoms with Crippen molar-refractivity contribution in [3.63, 3.8) is 0 Å². The lowest BCUT2D eigenvalue weighted by Crippen LogP contribution is -2.55. The van der Waals surface area contributed by atoms with Crippen molar-refractivity contribution in [1.29, 1.82) is 0 Å². The van der Waals surface area contributed by atoms with Gasteiger partial charge < -0.3 is 10.6 Å². The molecule has 1 aromatic carbocycles. The summed E-state index contributed by atoms with van der Waals surface area (Å²) in [5.41, 5.74) is 7.54. The summed E-state index contributed by atoms with van der Waals surface area (Å²) in [5, 5.41) is 0. The molecular formula is C15H22N2O. The zero-order chi connectivity index (χ0) is 13.6. The number of carbonyl (C=O) groups excluding carboxylic acids is 1. The van der Waals surface area contributed by atoms with Crippen LogP contribution >= 0.6 is 0 Å². The average molecular weight is 246 g/mol. The molecule has 3 nitrogen and oxygen atoms in total. The Kier molecular flexibility index (Phi) is 2.98. The predicted molar refractivity (Wildman–Crippen MR) is 72.7 cm³/mol. The van der Waals surface area contributed by atoms with E-state index in [-0.39, 0.29) is 5.91 Å². The van der Waals surface area contributed by atoms with Gasteiger partial charge in [0, 0.05) is 18.6 Å². The molecule has 2 N–H and O–H groups in total. The average Bonchev–Trinajstić information content (AvgIpc) is 2.69. The Balaban J connectivity index is 2.20. The predicted octanol–water partition coefficient (Wildman–Crippen LogP) is 2.29. The fourth-order valence-electron chi connectivity index (χ4n) is 2.15. The molecule has 1 amide bonds. The Bertz CT molecular complexity index is 447. The molecule has 1 aliphatic rings. The molecule has 98 valence electrons. The maximum Gasteiger partial charge on any atom is 0.230 e. The normalized spacial score (nSPS) is 15.7. The third kappa shape index (κ3) is 2.03. The number of hydrogen-bond acceptors (Lipinski definition) is 2. The lowest BCUT2D eigenvalue weighted by molar-refractivity contribution is -0.144. The minimum atomic E-state index is -0.560. The largest absolute Gasteiger partial charge is 0.333 e. The van der Waals surface area contributed by atoms with Gasteiger partial charge in [-0.3, -0.25) is 4.79 Å². The standard InChI is InChI=1S/C15H22N2O/c1-14(2,15(3,4)16)13(18)17-9-11-7-5-6-8-12(11)10-17/h5-8H,9-10,16H2,1-4H3. The molecule has 2 rings (SSSR count). The first-order valence-electron chi connectivity index (χ1n) is 6.38. The van der Waals surface area contributed by atoms with Crippen LogP contribution in [0.4, 0.5) is 0 Å². The van der Waals surface area contributed by atoms with Gasteiger partial charge in [-0.25, -0.2) is 0 Å². The van der Waals surface area contributed by atoms with Crippen molar-refractivity contribution < 1.29 is 4.79 Å². The summed E-state index contributed by atoms with van der Waals surface area (Å²) in [6.45, 7) is 9.09. The monoisotopic (exact) mass is 246 g/mol. The van der Waals surface area contributed by atoms with Crippen LogP contribution in [0.25, 0.3) is 0 Å². The van der Waals surface area contributed by atoms with Gasteiger partial charge >= 0.3 is 0 Å². The lowest BCUT2D eigenvalue weighted by atomic mass is 9.74. The number of hydrogen-bond donors (Lipinski definition) is 1. The second-order valence-corrected chi connectivity index (χ2v) is 6.28. The maximum absolute atomic E-state index is 12.6. The van der Waals surface area contributed by atoms with Gasteiger partial charge in [0.05, 0.1) is 5.41 Å². The molecule has 0 saturated heterocycles. The first-order valence-corrected chi connectivity index (χ1v) is 6.38. The molecule has 0 radical (unpaired) electrons. The van der Waals surface area contributed by atoms with Gasteiger partial charge in [0.1, 0.15) is 0 Å². The molecule has 1 aliphatic heterocycles. The summed E-state index contributed by atoms with van der Waals surface area (Å²) >= 11 is 0. The molecule has 18 heavy (non-hydrogen) atoms. The maximum atomic E-state index is 12.6. The third-order valence-corrected chi connectivity index (χ3v) is 4.27. The summed E-state index contributed by atoms with van der Waals surface area (Å²) < 4.78 is 0. The van der Waals surface area contributed by atoms with E-state index in [9.17, 15) is 4.79 Å². The van der Waals surface area contributed by atoms with Crippen LogP contribution in [0.1, 0.15) is 38.8 Å². The molecule has 3 heteroatoms.